The van der Waals surface area contributed by atoms with Gasteiger partial charge in [0, 0.05) is 18.2 Å². The number of rotatable bonds is 8. The van der Waals surface area contributed by atoms with Gasteiger partial charge in [-0.25, -0.2) is 18.1 Å². The van der Waals surface area contributed by atoms with E-state index in [9.17, 15) is 23.5 Å². The van der Waals surface area contributed by atoms with Crippen LogP contribution in [0.25, 0.3) is 5.69 Å². The molecule has 0 spiro atoms. The number of hydrogen-bond acceptors (Lipinski definition) is 5. The first-order valence-electron chi connectivity index (χ1n) is 9.31. The Balaban J connectivity index is 2.20. The number of carboxylic acid groups (broad SMARTS) is 1. The van der Waals surface area contributed by atoms with Gasteiger partial charge in [-0.2, -0.15) is 4.98 Å². The van der Waals surface area contributed by atoms with Gasteiger partial charge in [0.25, 0.3) is 5.56 Å². The lowest BCUT2D eigenvalue weighted by molar-refractivity contribution is 0.0697. The summed E-state index contributed by atoms with van der Waals surface area (Å²) < 4.78 is 34.3. The number of halogens is 3. The zero-order valence-corrected chi connectivity index (χ0v) is 17.6. The summed E-state index contributed by atoms with van der Waals surface area (Å²) in [4.78, 5) is 27.8. The molecule has 0 saturated heterocycles. The van der Waals surface area contributed by atoms with Gasteiger partial charge in [-0.3, -0.25) is 4.79 Å². The summed E-state index contributed by atoms with van der Waals surface area (Å²) in [5.74, 6) is -2.92. The van der Waals surface area contributed by atoms with Crippen molar-refractivity contribution < 1.29 is 23.4 Å². The van der Waals surface area contributed by atoms with Crippen LogP contribution in [-0.2, 0) is 6.61 Å². The minimum absolute atomic E-state index is 0.0134. The van der Waals surface area contributed by atoms with E-state index in [2.05, 4.69) is 16.9 Å². The van der Waals surface area contributed by atoms with Gasteiger partial charge in [-0.05, 0) is 36.8 Å². The van der Waals surface area contributed by atoms with Gasteiger partial charge < -0.3 is 15.2 Å². The molecule has 1 aromatic heterocycles. The van der Waals surface area contributed by atoms with Gasteiger partial charge in [0.1, 0.15) is 18.2 Å². The first-order chi connectivity index (χ1) is 15.2. The molecule has 0 aliphatic carbocycles. The number of aromatic nitrogens is 2. The maximum atomic E-state index is 14.1. The highest BCUT2D eigenvalue weighted by atomic mass is 35.5. The number of hydrogen-bond donors (Lipinski definition) is 2. The molecule has 0 bridgehead atoms. The Kier molecular flexibility index (Phi) is 6.89. The average Bonchev–Trinajstić information content (AvgIpc) is 2.74. The minimum atomic E-state index is -1.16. The predicted molar refractivity (Wildman–Crippen MR) is 116 cm³/mol. The summed E-state index contributed by atoms with van der Waals surface area (Å²) in [7, 11) is 0. The fraction of sp³-hybridized carbons (Fsp3) is 0.136. The molecule has 0 aliphatic heterocycles. The quantitative estimate of drug-likeness (QED) is 0.484. The summed E-state index contributed by atoms with van der Waals surface area (Å²) in [5, 5.41) is 11.9. The van der Waals surface area contributed by atoms with Crippen LogP contribution in [0.3, 0.4) is 0 Å². The van der Waals surface area contributed by atoms with Gasteiger partial charge in [0.2, 0.25) is 11.8 Å². The predicted octanol–water partition coefficient (Wildman–Crippen LogP) is 4.35. The molecule has 2 aromatic carbocycles. The molecule has 0 aliphatic rings. The van der Waals surface area contributed by atoms with E-state index in [1.54, 1.807) is 13.0 Å². The highest BCUT2D eigenvalue weighted by Crippen LogP contribution is 2.31. The first-order valence-corrected chi connectivity index (χ1v) is 9.69. The molecule has 1 heterocycles. The number of anilines is 1. The Morgan fingerprint density at radius 1 is 1.31 bits per heavy atom. The number of aryl methyl sites for hydroxylation is 1. The van der Waals surface area contributed by atoms with Crippen LogP contribution >= 0.6 is 11.6 Å². The van der Waals surface area contributed by atoms with Crippen molar-refractivity contribution in [2.75, 3.05) is 11.9 Å². The molecule has 0 fully saturated rings. The fourth-order valence-electron chi connectivity index (χ4n) is 2.88. The summed E-state index contributed by atoms with van der Waals surface area (Å²) in [6.45, 7) is 5.16. The zero-order chi connectivity index (χ0) is 23.4. The summed E-state index contributed by atoms with van der Waals surface area (Å²) in [6.07, 6.45) is 1.53. The zero-order valence-electron chi connectivity index (χ0n) is 16.9. The smallest absolute Gasteiger partial charge is 0.335 e. The normalized spacial score (nSPS) is 10.6. The van der Waals surface area contributed by atoms with Crippen LogP contribution in [0.5, 0.6) is 5.88 Å². The monoisotopic (exact) mass is 461 g/mol. The van der Waals surface area contributed by atoms with Crippen LogP contribution in [0, 0.1) is 18.6 Å². The van der Waals surface area contributed by atoms with Crippen molar-refractivity contribution in [2.45, 2.75) is 13.5 Å². The van der Waals surface area contributed by atoms with Gasteiger partial charge >= 0.3 is 5.97 Å². The van der Waals surface area contributed by atoms with E-state index in [1.807, 2.05) is 0 Å². The molecule has 0 atom stereocenters. The highest BCUT2D eigenvalue weighted by Gasteiger charge is 2.21. The van der Waals surface area contributed by atoms with E-state index in [4.69, 9.17) is 16.3 Å². The third-order valence-corrected chi connectivity index (χ3v) is 4.80. The van der Waals surface area contributed by atoms with Crippen LogP contribution in [0.1, 0.15) is 21.5 Å². The van der Waals surface area contributed by atoms with Crippen molar-refractivity contribution in [2.24, 2.45) is 0 Å². The lowest BCUT2D eigenvalue weighted by Gasteiger charge is -2.21. The number of carbonyl (C=O) groups is 1. The summed E-state index contributed by atoms with van der Waals surface area (Å²) in [6, 6.07) is 7.34. The molecular weight excluding hydrogens is 444 g/mol. The third-order valence-electron chi connectivity index (χ3n) is 4.48. The van der Waals surface area contributed by atoms with E-state index in [-0.39, 0.29) is 36.1 Å². The maximum absolute atomic E-state index is 14.1. The summed E-state index contributed by atoms with van der Waals surface area (Å²) >= 11 is 6.20. The third kappa shape index (κ3) is 4.78. The Morgan fingerprint density at radius 2 is 2.06 bits per heavy atom. The Morgan fingerprint density at radius 3 is 2.72 bits per heavy atom. The van der Waals surface area contributed by atoms with E-state index < -0.39 is 28.2 Å². The second-order valence-electron chi connectivity index (χ2n) is 6.70. The second-order valence-corrected chi connectivity index (χ2v) is 7.07. The molecule has 2 N–H and O–H groups in total. The number of nitrogens with zero attached hydrogens (tertiary/aromatic N) is 2. The molecular formula is C22H18ClF2N3O4. The van der Waals surface area contributed by atoms with E-state index >= 15 is 0 Å². The molecule has 32 heavy (non-hydrogen) atoms. The van der Waals surface area contributed by atoms with Crippen molar-refractivity contribution in [1.82, 2.24) is 9.55 Å². The number of nitrogens with one attached hydrogen (secondary N) is 1. The van der Waals surface area contributed by atoms with E-state index in [0.29, 0.717) is 17.3 Å². The SMILES string of the molecule is C=CCNc1nc(=O)c(Cl)c(OCc2ccc(F)cc2F)n1-c1cc(C(=O)O)ccc1C. The van der Waals surface area contributed by atoms with Crippen LogP contribution in [0.15, 0.2) is 53.8 Å². The minimum Gasteiger partial charge on any atom is -0.478 e. The number of carboxylic acids is 1. The number of benzene rings is 2. The van der Waals surface area contributed by atoms with Gasteiger partial charge in [0.05, 0.1) is 11.3 Å². The molecule has 0 saturated carbocycles. The summed E-state index contributed by atoms with van der Waals surface area (Å²) in [5.41, 5.74) is 0.132. The Hall–Kier alpha value is -3.72. The van der Waals surface area contributed by atoms with Crippen LogP contribution in [0.2, 0.25) is 5.02 Å². The van der Waals surface area contributed by atoms with Crippen LogP contribution in [-0.4, -0.2) is 27.2 Å². The molecule has 3 aromatic rings. The van der Waals surface area contributed by atoms with E-state index in [0.717, 1.165) is 6.07 Å². The van der Waals surface area contributed by atoms with Crippen LogP contribution in [0.4, 0.5) is 14.7 Å². The Bertz CT molecular complexity index is 1260. The molecule has 0 radical (unpaired) electrons. The first kappa shape index (κ1) is 23.0. The largest absolute Gasteiger partial charge is 0.478 e. The second kappa shape index (κ2) is 9.61. The standard InChI is InChI=1S/C22H18ClF2N3O4/c1-3-8-26-22-27-19(29)18(23)20(32-11-14-6-7-15(24)10-16(14)25)28(22)17-9-13(21(30)31)5-4-12(17)2/h3-7,9-10H,1,8,11H2,2H3,(H,30,31)(H,26,27,29). The fourth-order valence-corrected chi connectivity index (χ4v) is 3.06. The van der Waals surface area contributed by atoms with Gasteiger partial charge in [-0.15, -0.1) is 6.58 Å². The average molecular weight is 462 g/mol. The molecule has 3 rings (SSSR count). The molecule has 0 amide bonds. The molecule has 7 nitrogen and oxygen atoms in total. The molecule has 166 valence electrons. The molecule has 10 heteroatoms. The van der Waals surface area contributed by atoms with Crippen molar-refractivity contribution in [3.05, 3.63) is 92.8 Å². The number of ether oxygens (including phenoxy) is 1. The van der Waals surface area contributed by atoms with Crippen LogP contribution < -0.4 is 15.6 Å². The Labute approximate surface area is 186 Å². The van der Waals surface area contributed by atoms with Crippen molar-refractivity contribution in [3.63, 3.8) is 0 Å². The van der Waals surface area contributed by atoms with Crippen molar-refractivity contribution >= 4 is 23.5 Å². The van der Waals surface area contributed by atoms with Gasteiger partial charge in [-0.1, -0.05) is 23.7 Å². The van der Waals surface area contributed by atoms with Crippen molar-refractivity contribution in [3.8, 4) is 11.6 Å². The lowest BCUT2D eigenvalue weighted by atomic mass is 10.1. The highest BCUT2D eigenvalue weighted by molar-refractivity contribution is 6.31. The maximum Gasteiger partial charge on any atom is 0.335 e. The van der Waals surface area contributed by atoms with E-state index in [1.165, 1.54) is 28.8 Å². The lowest BCUT2D eigenvalue weighted by Crippen LogP contribution is -2.21. The number of aromatic carboxylic acids is 1. The topological polar surface area (TPSA) is 93.5 Å². The van der Waals surface area contributed by atoms with Crippen molar-refractivity contribution in [1.29, 1.82) is 0 Å². The van der Waals surface area contributed by atoms with Gasteiger partial charge in [0.15, 0.2) is 5.02 Å². The molecule has 0 unspecified atom stereocenters.